The van der Waals surface area contributed by atoms with E-state index in [4.69, 9.17) is 4.74 Å². The van der Waals surface area contributed by atoms with Crippen LogP contribution in [0.25, 0.3) is 0 Å². The lowest BCUT2D eigenvalue weighted by Crippen LogP contribution is -2.01. The molecule has 0 aliphatic heterocycles. The molecule has 3 nitrogen and oxygen atoms in total. The van der Waals surface area contributed by atoms with Gasteiger partial charge in [-0.3, -0.25) is 4.79 Å². The van der Waals surface area contributed by atoms with Crippen molar-refractivity contribution >= 4 is 17.1 Å². The smallest absolute Gasteiger partial charge is 0.171 e. The van der Waals surface area contributed by atoms with Gasteiger partial charge in [0.25, 0.3) is 0 Å². The van der Waals surface area contributed by atoms with Gasteiger partial charge in [0.05, 0.1) is 22.2 Å². The Morgan fingerprint density at radius 1 is 1.24 bits per heavy atom. The van der Waals surface area contributed by atoms with Crippen LogP contribution >= 0.6 is 11.3 Å². The average Bonchev–Trinajstić information content (AvgIpc) is 2.85. The van der Waals surface area contributed by atoms with Crippen LogP contribution in [0.4, 0.5) is 0 Å². The van der Waals surface area contributed by atoms with Gasteiger partial charge in [-0.2, -0.15) is 0 Å². The molecule has 1 heterocycles. The Labute approximate surface area is 130 Å². The summed E-state index contributed by atoms with van der Waals surface area (Å²) in [6, 6.07) is 8.01. The zero-order valence-corrected chi connectivity index (χ0v) is 13.6. The molecule has 0 saturated carbocycles. The van der Waals surface area contributed by atoms with Crippen molar-refractivity contribution < 1.29 is 9.53 Å². The molecule has 1 aromatic heterocycles. The third-order valence-corrected chi connectivity index (χ3v) is 4.41. The number of aryl methyl sites for hydroxylation is 2. The Morgan fingerprint density at radius 2 is 1.95 bits per heavy atom. The van der Waals surface area contributed by atoms with Crippen LogP contribution in [0.1, 0.15) is 46.2 Å². The van der Waals surface area contributed by atoms with Gasteiger partial charge in [-0.05, 0) is 25.5 Å². The number of carbonyl (C=O) groups is 1. The Balaban J connectivity index is 1.95. The van der Waals surface area contributed by atoms with Crippen LogP contribution in [0.15, 0.2) is 24.3 Å². The van der Waals surface area contributed by atoms with Gasteiger partial charge in [0.2, 0.25) is 0 Å². The molecule has 0 aliphatic rings. The molecule has 112 valence electrons. The standard InChI is InChI=1S/C17H21NO2S/c1-4-5-15-17(13(3)19)21-16(18-15)10-11-20-14-8-6-12(2)7-9-14/h6-9H,4-5,10-11H2,1-3H3. The second kappa shape index (κ2) is 7.36. The predicted molar refractivity (Wildman–Crippen MR) is 86.5 cm³/mol. The number of Topliss-reactive ketones (excluding diaryl/α,β-unsaturated/α-hetero) is 1. The highest BCUT2D eigenvalue weighted by atomic mass is 32.1. The van der Waals surface area contributed by atoms with Crippen LogP contribution in [0.2, 0.25) is 0 Å². The van der Waals surface area contributed by atoms with E-state index in [0.717, 1.165) is 40.6 Å². The van der Waals surface area contributed by atoms with Gasteiger partial charge in [0.1, 0.15) is 5.75 Å². The molecule has 0 aliphatic carbocycles. The Morgan fingerprint density at radius 3 is 2.57 bits per heavy atom. The maximum atomic E-state index is 11.6. The molecule has 4 heteroatoms. The number of nitrogens with zero attached hydrogens (tertiary/aromatic N) is 1. The third kappa shape index (κ3) is 4.39. The van der Waals surface area contributed by atoms with E-state index < -0.39 is 0 Å². The first-order chi connectivity index (χ1) is 10.1. The minimum absolute atomic E-state index is 0.113. The average molecular weight is 303 g/mol. The van der Waals surface area contributed by atoms with Crippen molar-refractivity contribution in [1.82, 2.24) is 4.98 Å². The number of carbonyl (C=O) groups excluding carboxylic acids is 1. The van der Waals surface area contributed by atoms with Crippen molar-refractivity contribution in [2.24, 2.45) is 0 Å². The second-order valence-corrected chi connectivity index (χ2v) is 6.18. The minimum Gasteiger partial charge on any atom is -0.493 e. The van der Waals surface area contributed by atoms with Gasteiger partial charge in [-0.15, -0.1) is 11.3 Å². The van der Waals surface area contributed by atoms with Crippen LogP contribution in [-0.2, 0) is 12.8 Å². The van der Waals surface area contributed by atoms with E-state index in [9.17, 15) is 4.79 Å². The Kier molecular flexibility index (Phi) is 5.51. The van der Waals surface area contributed by atoms with Crippen molar-refractivity contribution in [1.29, 1.82) is 0 Å². The summed E-state index contributed by atoms with van der Waals surface area (Å²) >= 11 is 1.50. The van der Waals surface area contributed by atoms with Crippen LogP contribution in [0, 0.1) is 6.92 Å². The van der Waals surface area contributed by atoms with E-state index in [-0.39, 0.29) is 5.78 Å². The van der Waals surface area contributed by atoms with Gasteiger partial charge >= 0.3 is 0 Å². The summed E-state index contributed by atoms with van der Waals surface area (Å²) in [5, 5.41) is 0.982. The van der Waals surface area contributed by atoms with Gasteiger partial charge in [0, 0.05) is 13.3 Å². The van der Waals surface area contributed by atoms with Crippen LogP contribution in [0.5, 0.6) is 5.75 Å². The monoisotopic (exact) mass is 303 g/mol. The maximum absolute atomic E-state index is 11.6. The van der Waals surface area contributed by atoms with E-state index >= 15 is 0 Å². The molecule has 21 heavy (non-hydrogen) atoms. The number of rotatable bonds is 7. The van der Waals surface area contributed by atoms with E-state index in [1.165, 1.54) is 16.9 Å². The number of hydrogen-bond acceptors (Lipinski definition) is 4. The first-order valence-electron chi connectivity index (χ1n) is 7.29. The second-order valence-electron chi connectivity index (χ2n) is 5.10. The largest absolute Gasteiger partial charge is 0.493 e. The van der Waals surface area contributed by atoms with E-state index in [1.54, 1.807) is 6.92 Å². The zero-order chi connectivity index (χ0) is 15.2. The van der Waals surface area contributed by atoms with Crippen molar-refractivity contribution in [3.8, 4) is 5.75 Å². The van der Waals surface area contributed by atoms with Crippen LogP contribution in [0.3, 0.4) is 0 Å². The fraction of sp³-hybridized carbons (Fsp3) is 0.412. The third-order valence-electron chi connectivity index (χ3n) is 3.15. The van der Waals surface area contributed by atoms with Gasteiger partial charge in [-0.1, -0.05) is 31.0 Å². The minimum atomic E-state index is 0.113. The number of benzene rings is 1. The van der Waals surface area contributed by atoms with Gasteiger partial charge in [0.15, 0.2) is 5.78 Å². The summed E-state index contributed by atoms with van der Waals surface area (Å²) in [4.78, 5) is 17.0. The highest BCUT2D eigenvalue weighted by Gasteiger charge is 2.14. The summed E-state index contributed by atoms with van der Waals surface area (Å²) < 4.78 is 5.72. The van der Waals surface area contributed by atoms with Crippen molar-refractivity contribution in [2.75, 3.05) is 6.61 Å². The summed E-state index contributed by atoms with van der Waals surface area (Å²) in [5.41, 5.74) is 2.16. The molecule has 1 aromatic carbocycles. The predicted octanol–water partition coefficient (Wildman–Crippen LogP) is 4.23. The number of thiazole rings is 1. The number of ketones is 1. The molecule has 0 unspecified atom stereocenters. The normalized spacial score (nSPS) is 10.6. The van der Waals surface area contributed by atoms with E-state index in [0.29, 0.717) is 6.61 Å². The molecule has 2 rings (SSSR count). The zero-order valence-electron chi connectivity index (χ0n) is 12.8. The Hall–Kier alpha value is -1.68. The SMILES string of the molecule is CCCc1nc(CCOc2ccc(C)cc2)sc1C(C)=O. The maximum Gasteiger partial charge on any atom is 0.171 e. The lowest BCUT2D eigenvalue weighted by molar-refractivity contribution is 0.102. The molecular weight excluding hydrogens is 282 g/mol. The van der Waals surface area contributed by atoms with Crippen molar-refractivity contribution in [3.63, 3.8) is 0 Å². The summed E-state index contributed by atoms with van der Waals surface area (Å²) in [6.45, 7) is 6.35. The molecule has 0 N–H and O–H groups in total. The quantitative estimate of drug-likeness (QED) is 0.719. The highest BCUT2D eigenvalue weighted by Crippen LogP contribution is 2.21. The lowest BCUT2D eigenvalue weighted by atomic mass is 10.2. The van der Waals surface area contributed by atoms with E-state index in [2.05, 4.69) is 18.8 Å². The van der Waals surface area contributed by atoms with Gasteiger partial charge in [-0.25, -0.2) is 4.98 Å². The fourth-order valence-electron chi connectivity index (χ4n) is 2.08. The number of ether oxygens (including phenoxy) is 1. The van der Waals surface area contributed by atoms with Crippen molar-refractivity contribution in [3.05, 3.63) is 45.4 Å². The van der Waals surface area contributed by atoms with Gasteiger partial charge < -0.3 is 4.74 Å². The molecule has 0 bridgehead atoms. The molecule has 0 radical (unpaired) electrons. The molecule has 0 saturated heterocycles. The lowest BCUT2D eigenvalue weighted by Gasteiger charge is -2.04. The fourth-order valence-corrected chi connectivity index (χ4v) is 3.07. The molecular formula is C17H21NO2S. The summed E-state index contributed by atoms with van der Waals surface area (Å²) in [7, 11) is 0. The first-order valence-corrected chi connectivity index (χ1v) is 8.10. The summed E-state index contributed by atoms with van der Waals surface area (Å²) in [6.07, 6.45) is 2.61. The topological polar surface area (TPSA) is 39.2 Å². The van der Waals surface area contributed by atoms with Crippen LogP contribution in [-0.4, -0.2) is 17.4 Å². The van der Waals surface area contributed by atoms with Crippen LogP contribution < -0.4 is 4.74 Å². The summed E-state index contributed by atoms with van der Waals surface area (Å²) in [5.74, 6) is 0.986. The Bertz CT molecular complexity index is 602. The molecule has 0 fully saturated rings. The number of aromatic nitrogens is 1. The number of hydrogen-bond donors (Lipinski definition) is 0. The molecule has 0 amide bonds. The van der Waals surface area contributed by atoms with Crippen molar-refractivity contribution in [2.45, 2.75) is 40.0 Å². The van der Waals surface area contributed by atoms with E-state index in [1.807, 2.05) is 24.3 Å². The first kappa shape index (κ1) is 15.7. The molecule has 2 aromatic rings. The highest BCUT2D eigenvalue weighted by molar-refractivity contribution is 7.13. The molecule has 0 spiro atoms. The molecule has 0 atom stereocenters.